The summed E-state index contributed by atoms with van der Waals surface area (Å²) >= 11 is 1.52. The predicted molar refractivity (Wildman–Crippen MR) is 157 cm³/mol. The Morgan fingerprint density at radius 2 is 1.72 bits per heavy atom. The Hall–Kier alpha value is -3.52. The molecule has 1 heterocycles. The van der Waals surface area contributed by atoms with E-state index in [0.29, 0.717) is 40.3 Å². The van der Waals surface area contributed by atoms with Crippen LogP contribution >= 0.6 is 11.3 Å². The van der Waals surface area contributed by atoms with Crippen LogP contribution in [-0.4, -0.2) is 32.6 Å². The minimum atomic E-state index is -0.215. The Balaban J connectivity index is 1.59. The highest BCUT2D eigenvalue weighted by atomic mass is 32.1. The van der Waals surface area contributed by atoms with E-state index in [1.807, 2.05) is 37.3 Å². The first-order chi connectivity index (χ1) is 18.6. The molecule has 0 fully saturated rings. The molecular weight excluding hydrogens is 512 g/mol. The average molecular weight is 551 g/mol. The van der Waals surface area contributed by atoms with Crippen LogP contribution in [0, 0.1) is 11.3 Å². The molecule has 8 heteroatoms. The smallest absolute Gasteiger partial charge is 0.258 e. The van der Waals surface area contributed by atoms with Crippen LogP contribution in [0.4, 0.5) is 10.7 Å². The predicted octanol–water partition coefficient (Wildman–Crippen LogP) is 6.75. The van der Waals surface area contributed by atoms with Crippen LogP contribution in [-0.2, 0) is 24.1 Å². The van der Waals surface area contributed by atoms with E-state index in [2.05, 4.69) is 31.4 Å². The summed E-state index contributed by atoms with van der Waals surface area (Å²) < 4.78 is 16.2. The van der Waals surface area contributed by atoms with Gasteiger partial charge in [0.05, 0.1) is 32.8 Å². The van der Waals surface area contributed by atoms with Crippen molar-refractivity contribution in [3.05, 3.63) is 64.0 Å². The van der Waals surface area contributed by atoms with Gasteiger partial charge in [-0.25, -0.2) is 0 Å². The van der Waals surface area contributed by atoms with Gasteiger partial charge in [-0.1, -0.05) is 26.8 Å². The standard InChI is InChI=1S/C31H38N2O5S/c1-7-38-22-12-10-21(11-13-22)32-29(35)28-23-14-9-20(31(2,3)4)18-26(23)39-30(28)33-27(34)17-19-8-15-24(36-5)25(16-19)37-6/h8,10-13,15-16,20H,7,9,14,17-18H2,1-6H3,(H,32,35)(H,33,34). The maximum Gasteiger partial charge on any atom is 0.258 e. The largest absolute Gasteiger partial charge is 0.494 e. The third-order valence-corrected chi connectivity index (χ3v) is 8.38. The Morgan fingerprint density at radius 1 is 1.00 bits per heavy atom. The zero-order chi connectivity index (χ0) is 28.2. The molecule has 208 valence electrons. The van der Waals surface area contributed by atoms with Gasteiger partial charge in [-0.05, 0) is 85.0 Å². The first kappa shape index (κ1) is 28.5. The number of benzene rings is 2. The van der Waals surface area contributed by atoms with Crippen LogP contribution in [0.1, 0.15) is 60.5 Å². The number of fused-ring (bicyclic) bond motifs is 1. The molecule has 7 nitrogen and oxygen atoms in total. The van der Waals surface area contributed by atoms with Crippen molar-refractivity contribution in [3.8, 4) is 17.2 Å². The second kappa shape index (κ2) is 12.1. The number of anilines is 2. The topological polar surface area (TPSA) is 85.9 Å². The number of rotatable bonds is 9. The maximum absolute atomic E-state index is 13.6. The van der Waals surface area contributed by atoms with Crippen molar-refractivity contribution in [2.75, 3.05) is 31.5 Å². The van der Waals surface area contributed by atoms with Crippen LogP contribution in [0.2, 0.25) is 0 Å². The second-order valence-corrected chi connectivity index (χ2v) is 11.9. The van der Waals surface area contributed by atoms with Crippen molar-refractivity contribution in [2.45, 2.75) is 53.4 Å². The summed E-state index contributed by atoms with van der Waals surface area (Å²) in [6.07, 6.45) is 2.87. The fraction of sp³-hybridized carbons (Fsp3) is 0.419. The highest BCUT2D eigenvalue weighted by molar-refractivity contribution is 7.17. The lowest BCUT2D eigenvalue weighted by atomic mass is 9.72. The Morgan fingerprint density at radius 3 is 2.36 bits per heavy atom. The Kier molecular flexibility index (Phi) is 8.85. The summed E-state index contributed by atoms with van der Waals surface area (Å²) in [6.45, 7) is 9.31. The molecule has 39 heavy (non-hydrogen) atoms. The normalized spacial score (nSPS) is 14.8. The van der Waals surface area contributed by atoms with E-state index in [-0.39, 0.29) is 23.7 Å². The zero-order valence-electron chi connectivity index (χ0n) is 23.6. The lowest BCUT2D eigenvalue weighted by Gasteiger charge is -2.33. The van der Waals surface area contributed by atoms with Gasteiger partial charge in [-0.2, -0.15) is 0 Å². The monoisotopic (exact) mass is 550 g/mol. The number of amides is 2. The summed E-state index contributed by atoms with van der Waals surface area (Å²) in [5.74, 6) is 2.03. The van der Waals surface area contributed by atoms with Crippen molar-refractivity contribution < 1.29 is 23.8 Å². The fourth-order valence-electron chi connectivity index (χ4n) is 4.99. The van der Waals surface area contributed by atoms with Crippen LogP contribution in [0.25, 0.3) is 0 Å². The lowest BCUT2D eigenvalue weighted by molar-refractivity contribution is -0.115. The van der Waals surface area contributed by atoms with Crippen LogP contribution in [0.3, 0.4) is 0 Å². The number of methoxy groups -OCH3 is 2. The van der Waals surface area contributed by atoms with Crippen molar-refractivity contribution in [3.63, 3.8) is 0 Å². The molecule has 0 bridgehead atoms. The number of hydrogen-bond donors (Lipinski definition) is 2. The maximum atomic E-state index is 13.6. The van der Waals surface area contributed by atoms with Crippen LogP contribution in [0.5, 0.6) is 17.2 Å². The van der Waals surface area contributed by atoms with Gasteiger partial charge in [0.1, 0.15) is 10.8 Å². The first-order valence-electron chi connectivity index (χ1n) is 13.3. The molecule has 0 spiro atoms. The van der Waals surface area contributed by atoms with E-state index in [1.54, 1.807) is 26.4 Å². The minimum absolute atomic E-state index is 0.146. The molecule has 0 aliphatic heterocycles. The molecule has 2 aromatic carbocycles. The molecular formula is C31H38N2O5S. The summed E-state index contributed by atoms with van der Waals surface area (Å²) in [5, 5.41) is 6.68. The van der Waals surface area contributed by atoms with E-state index < -0.39 is 0 Å². The molecule has 2 N–H and O–H groups in total. The molecule has 3 aromatic rings. The van der Waals surface area contributed by atoms with Crippen molar-refractivity contribution in [2.24, 2.45) is 11.3 Å². The van der Waals surface area contributed by atoms with Gasteiger partial charge < -0.3 is 24.8 Å². The van der Waals surface area contributed by atoms with Crippen LogP contribution in [0.15, 0.2) is 42.5 Å². The highest BCUT2D eigenvalue weighted by Gasteiger charge is 2.34. The van der Waals surface area contributed by atoms with Gasteiger partial charge in [0.2, 0.25) is 5.91 Å². The van der Waals surface area contributed by atoms with Crippen molar-refractivity contribution in [1.29, 1.82) is 0 Å². The molecule has 2 amide bonds. The second-order valence-electron chi connectivity index (χ2n) is 10.8. The molecule has 1 aliphatic carbocycles. The van der Waals surface area contributed by atoms with Gasteiger partial charge in [0, 0.05) is 10.6 Å². The van der Waals surface area contributed by atoms with E-state index in [4.69, 9.17) is 14.2 Å². The Bertz CT molecular complexity index is 1320. The molecule has 1 aliphatic rings. The van der Waals surface area contributed by atoms with E-state index in [0.717, 1.165) is 36.1 Å². The molecule has 1 aromatic heterocycles. The summed E-state index contributed by atoms with van der Waals surface area (Å²) in [4.78, 5) is 28.0. The minimum Gasteiger partial charge on any atom is -0.494 e. The molecule has 1 atom stereocenters. The quantitative estimate of drug-likeness (QED) is 0.308. The van der Waals surface area contributed by atoms with Gasteiger partial charge in [0.15, 0.2) is 11.5 Å². The van der Waals surface area contributed by atoms with Gasteiger partial charge in [0.25, 0.3) is 5.91 Å². The molecule has 4 rings (SSSR count). The molecule has 1 unspecified atom stereocenters. The number of ether oxygens (including phenoxy) is 3. The van der Waals surface area contributed by atoms with Gasteiger partial charge in [-0.3, -0.25) is 9.59 Å². The van der Waals surface area contributed by atoms with E-state index in [9.17, 15) is 9.59 Å². The van der Waals surface area contributed by atoms with Gasteiger partial charge >= 0.3 is 0 Å². The van der Waals surface area contributed by atoms with E-state index in [1.165, 1.54) is 16.2 Å². The zero-order valence-corrected chi connectivity index (χ0v) is 24.4. The third-order valence-electron chi connectivity index (χ3n) is 7.21. The SMILES string of the molecule is CCOc1ccc(NC(=O)c2c(NC(=O)Cc3ccc(OC)c(OC)c3)sc3c2CCC(C(C)(C)C)C3)cc1. The fourth-order valence-corrected chi connectivity index (χ4v) is 6.34. The molecule has 0 saturated carbocycles. The summed E-state index contributed by atoms with van der Waals surface area (Å²) in [7, 11) is 3.14. The molecule has 0 radical (unpaired) electrons. The number of nitrogens with one attached hydrogen (secondary N) is 2. The number of carbonyl (C=O) groups excluding carboxylic acids is 2. The number of thiophene rings is 1. The first-order valence-corrected chi connectivity index (χ1v) is 14.1. The number of carbonyl (C=O) groups is 2. The Labute approximate surface area is 234 Å². The number of hydrogen-bond acceptors (Lipinski definition) is 6. The summed E-state index contributed by atoms with van der Waals surface area (Å²) in [5.41, 5.74) is 3.25. The van der Waals surface area contributed by atoms with Crippen molar-refractivity contribution in [1.82, 2.24) is 0 Å². The van der Waals surface area contributed by atoms with Crippen LogP contribution < -0.4 is 24.8 Å². The highest BCUT2D eigenvalue weighted by Crippen LogP contribution is 2.44. The third kappa shape index (κ3) is 6.74. The molecule has 0 saturated heterocycles. The van der Waals surface area contributed by atoms with E-state index >= 15 is 0 Å². The average Bonchev–Trinajstić information content (AvgIpc) is 3.26. The van der Waals surface area contributed by atoms with Gasteiger partial charge in [-0.15, -0.1) is 11.3 Å². The lowest BCUT2D eigenvalue weighted by Crippen LogP contribution is -2.27. The summed E-state index contributed by atoms with van der Waals surface area (Å²) in [6, 6.07) is 12.7. The van der Waals surface area contributed by atoms with Crippen molar-refractivity contribution >= 4 is 33.8 Å².